The molecule has 142 valence electrons. The van der Waals surface area contributed by atoms with Crippen LogP contribution in [0, 0.1) is 0 Å². The number of benzene rings is 1. The highest BCUT2D eigenvalue weighted by Crippen LogP contribution is 2.23. The Morgan fingerprint density at radius 3 is 2.85 bits per heavy atom. The first-order valence-electron chi connectivity index (χ1n) is 8.74. The van der Waals surface area contributed by atoms with E-state index in [1.807, 2.05) is 46.7 Å². The second-order valence-electron chi connectivity index (χ2n) is 6.06. The van der Waals surface area contributed by atoms with Crippen molar-refractivity contribution in [3.05, 3.63) is 58.3 Å². The van der Waals surface area contributed by atoms with Gasteiger partial charge < -0.3 is 9.73 Å². The van der Waals surface area contributed by atoms with E-state index in [0.717, 1.165) is 23.4 Å². The molecule has 2 heterocycles. The van der Waals surface area contributed by atoms with Crippen LogP contribution in [0.5, 0.6) is 0 Å². The molecule has 0 unspecified atom stereocenters. The number of thiophene rings is 1. The maximum atomic E-state index is 12.3. The maximum Gasteiger partial charge on any atom is 0.257 e. The van der Waals surface area contributed by atoms with Crippen molar-refractivity contribution in [2.75, 3.05) is 13.1 Å². The van der Waals surface area contributed by atoms with Gasteiger partial charge in [-0.3, -0.25) is 9.69 Å². The van der Waals surface area contributed by atoms with Gasteiger partial charge in [0.25, 0.3) is 5.89 Å². The van der Waals surface area contributed by atoms with Gasteiger partial charge in [0.1, 0.15) is 0 Å². The van der Waals surface area contributed by atoms with Gasteiger partial charge in [0.2, 0.25) is 11.8 Å². The molecule has 3 rings (SSSR count). The number of halogens is 1. The number of hydrogen-bond acceptors (Lipinski definition) is 6. The topological polar surface area (TPSA) is 71.3 Å². The molecule has 6 nitrogen and oxygen atoms in total. The highest BCUT2D eigenvalue weighted by molar-refractivity contribution is 7.13. The predicted molar refractivity (Wildman–Crippen MR) is 106 cm³/mol. The normalized spacial score (nSPS) is 11.1. The summed E-state index contributed by atoms with van der Waals surface area (Å²) in [4.78, 5) is 15.3. The second kappa shape index (κ2) is 9.64. The van der Waals surface area contributed by atoms with Gasteiger partial charge in [0.05, 0.1) is 18.0 Å². The molecule has 0 saturated heterocycles. The van der Waals surface area contributed by atoms with Gasteiger partial charge in [-0.15, -0.1) is 21.5 Å². The third kappa shape index (κ3) is 5.63. The summed E-state index contributed by atoms with van der Waals surface area (Å²) in [5.41, 5.74) is 0.895. The van der Waals surface area contributed by atoms with E-state index in [1.165, 1.54) is 0 Å². The number of carbonyl (C=O) groups excluding carboxylic acids is 1. The number of rotatable bonds is 9. The van der Waals surface area contributed by atoms with E-state index in [9.17, 15) is 4.79 Å². The minimum atomic E-state index is -0.0682. The SMILES string of the molecule is CCCN(CC(=O)NCc1ccccc1Cl)Cc1nnc(-c2cccs2)o1. The molecule has 0 aliphatic carbocycles. The van der Waals surface area contributed by atoms with Gasteiger partial charge >= 0.3 is 0 Å². The van der Waals surface area contributed by atoms with Crippen LogP contribution in [0.15, 0.2) is 46.2 Å². The second-order valence-corrected chi connectivity index (χ2v) is 7.41. The van der Waals surface area contributed by atoms with E-state index in [0.29, 0.717) is 29.9 Å². The van der Waals surface area contributed by atoms with Crippen LogP contribution in [0.25, 0.3) is 10.8 Å². The number of aromatic nitrogens is 2. The first-order valence-corrected chi connectivity index (χ1v) is 10.00. The molecule has 8 heteroatoms. The Hall–Kier alpha value is -2.22. The lowest BCUT2D eigenvalue weighted by Gasteiger charge is -2.19. The van der Waals surface area contributed by atoms with Crippen molar-refractivity contribution >= 4 is 28.8 Å². The number of nitrogens with one attached hydrogen (secondary N) is 1. The molecule has 0 fully saturated rings. The van der Waals surface area contributed by atoms with E-state index < -0.39 is 0 Å². The molecule has 2 aromatic heterocycles. The van der Waals surface area contributed by atoms with E-state index >= 15 is 0 Å². The largest absolute Gasteiger partial charge is 0.419 e. The standard InChI is InChI=1S/C19H21ClN4O2S/c1-2-9-24(12-17(25)21-11-14-6-3-4-7-15(14)20)13-18-22-23-19(26-18)16-8-5-10-27-16/h3-8,10H,2,9,11-13H2,1H3,(H,21,25). The van der Waals surface area contributed by atoms with Crippen molar-refractivity contribution < 1.29 is 9.21 Å². The fourth-order valence-electron chi connectivity index (χ4n) is 2.63. The fourth-order valence-corrected chi connectivity index (χ4v) is 3.48. The van der Waals surface area contributed by atoms with Crippen molar-refractivity contribution in [1.82, 2.24) is 20.4 Å². The molecular weight excluding hydrogens is 384 g/mol. The van der Waals surface area contributed by atoms with Crippen LogP contribution in [0.2, 0.25) is 5.02 Å². The molecule has 1 N–H and O–H groups in total. The molecule has 1 amide bonds. The average Bonchev–Trinajstić information content (AvgIpc) is 3.33. The van der Waals surface area contributed by atoms with Crippen LogP contribution < -0.4 is 5.32 Å². The summed E-state index contributed by atoms with van der Waals surface area (Å²) in [5.74, 6) is 0.951. The Morgan fingerprint density at radius 1 is 1.26 bits per heavy atom. The lowest BCUT2D eigenvalue weighted by Crippen LogP contribution is -2.37. The minimum Gasteiger partial charge on any atom is -0.419 e. The summed E-state index contributed by atoms with van der Waals surface area (Å²) < 4.78 is 5.73. The molecular formula is C19H21ClN4O2S. The van der Waals surface area contributed by atoms with Gasteiger partial charge in [-0.2, -0.15) is 0 Å². The molecule has 0 spiro atoms. The lowest BCUT2D eigenvalue weighted by molar-refractivity contribution is -0.122. The Morgan fingerprint density at radius 2 is 2.11 bits per heavy atom. The number of carbonyl (C=O) groups is 1. The molecule has 0 aliphatic rings. The first kappa shape index (κ1) is 19.5. The number of nitrogens with zero attached hydrogens (tertiary/aromatic N) is 3. The molecule has 3 aromatic rings. The molecule has 0 saturated carbocycles. The maximum absolute atomic E-state index is 12.3. The zero-order valence-corrected chi connectivity index (χ0v) is 16.6. The van der Waals surface area contributed by atoms with E-state index in [2.05, 4.69) is 22.4 Å². The fraction of sp³-hybridized carbons (Fsp3) is 0.316. The number of hydrogen-bond donors (Lipinski definition) is 1. The average molecular weight is 405 g/mol. The van der Waals surface area contributed by atoms with Crippen molar-refractivity contribution in [2.24, 2.45) is 0 Å². The Kier molecular flexibility index (Phi) is 6.98. The zero-order valence-electron chi connectivity index (χ0n) is 15.0. The molecule has 0 bridgehead atoms. The first-order chi connectivity index (χ1) is 13.2. The Bertz CT molecular complexity index is 866. The quantitative estimate of drug-likeness (QED) is 0.584. The third-order valence-corrected chi connectivity index (χ3v) is 5.13. The Labute approximate surface area is 167 Å². The monoisotopic (exact) mass is 404 g/mol. The van der Waals surface area contributed by atoms with Gasteiger partial charge in [0, 0.05) is 11.6 Å². The number of amides is 1. The van der Waals surface area contributed by atoms with E-state index in [4.69, 9.17) is 16.0 Å². The smallest absolute Gasteiger partial charge is 0.257 e. The van der Waals surface area contributed by atoms with Crippen molar-refractivity contribution in [1.29, 1.82) is 0 Å². The molecule has 0 aliphatic heterocycles. The van der Waals surface area contributed by atoms with Crippen LogP contribution in [-0.4, -0.2) is 34.1 Å². The van der Waals surface area contributed by atoms with Crippen LogP contribution >= 0.6 is 22.9 Å². The summed E-state index contributed by atoms with van der Waals surface area (Å²) in [6, 6.07) is 11.4. The summed E-state index contributed by atoms with van der Waals surface area (Å²) in [7, 11) is 0. The Balaban J connectivity index is 1.55. The lowest BCUT2D eigenvalue weighted by atomic mass is 10.2. The van der Waals surface area contributed by atoms with Crippen molar-refractivity contribution in [2.45, 2.75) is 26.4 Å². The molecule has 27 heavy (non-hydrogen) atoms. The highest BCUT2D eigenvalue weighted by Gasteiger charge is 2.16. The molecule has 0 radical (unpaired) electrons. The zero-order chi connectivity index (χ0) is 19.1. The van der Waals surface area contributed by atoms with Gasteiger partial charge in [-0.05, 0) is 36.0 Å². The summed E-state index contributed by atoms with van der Waals surface area (Å²) in [5, 5.41) is 13.7. The van der Waals surface area contributed by atoms with Crippen molar-refractivity contribution in [3.8, 4) is 10.8 Å². The van der Waals surface area contributed by atoms with Gasteiger partial charge in [0.15, 0.2) is 0 Å². The predicted octanol–water partition coefficient (Wildman–Crippen LogP) is 3.98. The van der Waals surface area contributed by atoms with Crippen molar-refractivity contribution in [3.63, 3.8) is 0 Å². The third-order valence-electron chi connectivity index (χ3n) is 3.90. The molecule has 1 aromatic carbocycles. The van der Waals surface area contributed by atoms with Crippen LogP contribution in [0.3, 0.4) is 0 Å². The summed E-state index contributed by atoms with van der Waals surface area (Å²) in [6.07, 6.45) is 0.920. The van der Waals surface area contributed by atoms with Gasteiger partial charge in [-0.1, -0.05) is 42.8 Å². The van der Waals surface area contributed by atoms with Gasteiger partial charge in [-0.25, -0.2) is 0 Å². The highest BCUT2D eigenvalue weighted by atomic mass is 35.5. The summed E-state index contributed by atoms with van der Waals surface area (Å²) in [6.45, 7) is 3.93. The van der Waals surface area contributed by atoms with Crippen LogP contribution in [-0.2, 0) is 17.9 Å². The van der Waals surface area contributed by atoms with E-state index in [1.54, 1.807) is 11.3 Å². The summed E-state index contributed by atoms with van der Waals surface area (Å²) >= 11 is 7.68. The minimum absolute atomic E-state index is 0.0682. The molecule has 0 atom stereocenters. The van der Waals surface area contributed by atoms with Crippen LogP contribution in [0.1, 0.15) is 24.8 Å². The van der Waals surface area contributed by atoms with E-state index in [-0.39, 0.29) is 12.5 Å². The van der Waals surface area contributed by atoms with Crippen LogP contribution in [0.4, 0.5) is 0 Å².